The fraction of sp³-hybridized carbons (Fsp3) is 0.0714. The Hall–Kier alpha value is -2.40. The Labute approximate surface area is 119 Å². The average molecular weight is 291 g/mol. The molecule has 0 unspecified atom stereocenters. The summed E-state index contributed by atoms with van der Waals surface area (Å²) in [4.78, 5) is 36.8. The second-order valence-electron chi connectivity index (χ2n) is 4.13. The number of carbonyl (C=O) groups excluding carboxylic acids is 2. The molecule has 1 aromatic heterocycles. The van der Waals surface area contributed by atoms with Crippen molar-refractivity contribution < 1.29 is 9.59 Å². The summed E-state index contributed by atoms with van der Waals surface area (Å²) in [5.74, 6) is -1.24. The second kappa shape index (κ2) is 5.71. The molecule has 1 aromatic carbocycles. The number of imide groups is 1. The van der Waals surface area contributed by atoms with Gasteiger partial charge < -0.3 is 4.98 Å². The van der Waals surface area contributed by atoms with Crippen LogP contribution in [0.4, 0.5) is 0 Å². The molecule has 0 radical (unpaired) electrons. The van der Waals surface area contributed by atoms with E-state index in [-0.39, 0.29) is 5.56 Å². The van der Waals surface area contributed by atoms with Crippen LogP contribution in [0.1, 0.15) is 17.3 Å². The SMILES string of the molecule is CC(=O)NC(=O)c1ccc(-c2ccc(Cl)cc2)[nH]c1=O. The van der Waals surface area contributed by atoms with E-state index >= 15 is 0 Å². The number of aromatic amines is 1. The fourth-order valence-electron chi connectivity index (χ4n) is 1.68. The zero-order chi connectivity index (χ0) is 14.7. The summed E-state index contributed by atoms with van der Waals surface area (Å²) in [6.45, 7) is 1.20. The van der Waals surface area contributed by atoms with Crippen molar-refractivity contribution in [3.8, 4) is 11.3 Å². The van der Waals surface area contributed by atoms with Gasteiger partial charge in [-0.1, -0.05) is 23.7 Å². The predicted octanol–water partition coefficient (Wildman–Crippen LogP) is 1.97. The van der Waals surface area contributed by atoms with Crippen LogP contribution in [0.3, 0.4) is 0 Å². The number of nitrogens with one attached hydrogen (secondary N) is 2. The van der Waals surface area contributed by atoms with Gasteiger partial charge in [0.25, 0.3) is 11.5 Å². The van der Waals surface area contributed by atoms with E-state index < -0.39 is 17.4 Å². The van der Waals surface area contributed by atoms with Gasteiger partial charge in [-0.15, -0.1) is 0 Å². The molecule has 0 saturated heterocycles. The first-order valence-corrected chi connectivity index (χ1v) is 6.16. The van der Waals surface area contributed by atoms with E-state index in [1.54, 1.807) is 30.3 Å². The Kier molecular flexibility index (Phi) is 4.00. The summed E-state index contributed by atoms with van der Waals surface area (Å²) >= 11 is 5.79. The molecule has 2 amide bonds. The molecule has 0 saturated carbocycles. The molecule has 2 N–H and O–H groups in total. The molecule has 0 aliphatic carbocycles. The number of amides is 2. The monoisotopic (exact) mass is 290 g/mol. The van der Waals surface area contributed by atoms with Crippen molar-refractivity contribution in [3.05, 3.63) is 57.3 Å². The van der Waals surface area contributed by atoms with E-state index in [0.29, 0.717) is 10.7 Å². The molecular formula is C14H11ClN2O3. The molecule has 0 bridgehead atoms. The Morgan fingerprint density at radius 2 is 1.75 bits per heavy atom. The van der Waals surface area contributed by atoms with Crippen LogP contribution in [0.25, 0.3) is 11.3 Å². The molecule has 0 aliphatic rings. The van der Waals surface area contributed by atoms with Crippen molar-refractivity contribution in [2.24, 2.45) is 0 Å². The molecule has 5 nitrogen and oxygen atoms in total. The molecule has 1 heterocycles. The van der Waals surface area contributed by atoms with Gasteiger partial charge in [-0.3, -0.25) is 19.7 Å². The van der Waals surface area contributed by atoms with Crippen molar-refractivity contribution in [1.29, 1.82) is 0 Å². The van der Waals surface area contributed by atoms with Gasteiger partial charge >= 0.3 is 0 Å². The van der Waals surface area contributed by atoms with Gasteiger partial charge in [0.2, 0.25) is 5.91 Å². The van der Waals surface area contributed by atoms with Crippen molar-refractivity contribution in [2.75, 3.05) is 0 Å². The molecule has 20 heavy (non-hydrogen) atoms. The van der Waals surface area contributed by atoms with Gasteiger partial charge in [0.15, 0.2) is 0 Å². The van der Waals surface area contributed by atoms with E-state index in [0.717, 1.165) is 5.56 Å². The van der Waals surface area contributed by atoms with Gasteiger partial charge in [-0.25, -0.2) is 0 Å². The van der Waals surface area contributed by atoms with Gasteiger partial charge in [-0.2, -0.15) is 0 Å². The number of pyridine rings is 1. The molecule has 6 heteroatoms. The van der Waals surface area contributed by atoms with Crippen LogP contribution in [0.2, 0.25) is 5.02 Å². The van der Waals surface area contributed by atoms with E-state index in [1.807, 2.05) is 0 Å². The van der Waals surface area contributed by atoms with Crippen LogP contribution in [0, 0.1) is 0 Å². The number of halogens is 1. The first kappa shape index (κ1) is 14.0. The van der Waals surface area contributed by atoms with Crippen molar-refractivity contribution in [1.82, 2.24) is 10.3 Å². The minimum Gasteiger partial charge on any atom is -0.321 e. The average Bonchev–Trinajstić information content (AvgIpc) is 2.38. The number of carbonyl (C=O) groups is 2. The zero-order valence-corrected chi connectivity index (χ0v) is 11.3. The summed E-state index contributed by atoms with van der Waals surface area (Å²) in [5, 5.41) is 2.64. The lowest BCUT2D eigenvalue weighted by molar-refractivity contribution is -0.118. The third-order valence-corrected chi connectivity index (χ3v) is 2.85. The quantitative estimate of drug-likeness (QED) is 0.887. The van der Waals surface area contributed by atoms with E-state index in [2.05, 4.69) is 10.3 Å². The van der Waals surface area contributed by atoms with Crippen LogP contribution in [-0.2, 0) is 4.79 Å². The number of rotatable bonds is 2. The maximum atomic E-state index is 11.8. The van der Waals surface area contributed by atoms with Crippen molar-refractivity contribution in [3.63, 3.8) is 0 Å². The smallest absolute Gasteiger partial charge is 0.263 e. The van der Waals surface area contributed by atoms with E-state index in [4.69, 9.17) is 11.6 Å². The molecule has 2 aromatic rings. The summed E-state index contributed by atoms with van der Waals surface area (Å²) in [6.07, 6.45) is 0. The van der Waals surface area contributed by atoms with Crippen molar-refractivity contribution in [2.45, 2.75) is 6.92 Å². The maximum Gasteiger partial charge on any atom is 0.263 e. The Morgan fingerprint density at radius 3 is 2.30 bits per heavy atom. The standard InChI is InChI=1S/C14H11ClN2O3/c1-8(18)16-13(19)11-6-7-12(17-14(11)20)9-2-4-10(15)5-3-9/h2-7H,1H3,(H,17,20)(H,16,18,19). The predicted molar refractivity (Wildman–Crippen MR) is 75.7 cm³/mol. The number of H-pyrrole nitrogens is 1. The number of aromatic nitrogens is 1. The van der Waals surface area contributed by atoms with Crippen LogP contribution in [0.15, 0.2) is 41.2 Å². The molecule has 2 rings (SSSR count). The summed E-state index contributed by atoms with van der Waals surface area (Å²) in [6, 6.07) is 9.88. The van der Waals surface area contributed by atoms with Gasteiger partial charge in [0.1, 0.15) is 5.56 Å². The lowest BCUT2D eigenvalue weighted by atomic mass is 10.1. The third-order valence-electron chi connectivity index (χ3n) is 2.60. The second-order valence-corrected chi connectivity index (χ2v) is 4.57. The fourth-order valence-corrected chi connectivity index (χ4v) is 1.80. The lowest BCUT2D eigenvalue weighted by Gasteiger charge is -2.04. The first-order valence-electron chi connectivity index (χ1n) is 5.78. The minimum absolute atomic E-state index is 0.113. The molecule has 0 aliphatic heterocycles. The van der Waals surface area contributed by atoms with Gasteiger partial charge in [-0.05, 0) is 29.8 Å². The first-order chi connectivity index (χ1) is 9.47. The number of hydrogen-bond donors (Lipinski definition) is 2. The molecule has 0 fully saturated rings. The van der Waals surface area contributed by atoms with Crippen LogP contribution in [-0.4, -0.2) is 16.8 Å². The highest BCUT2D eigenvalue weighted by atomic mass is 35.5. The highest BCUT2D eigenvalue weighted by molar-refractivity contribution is 6.30. The maximum absolute atomic E-state index is 11.8. The Morgan fingerprint density at radius 1 is 1.10 bits per heavy atom. The summed E-state index contributed by atoms with van der Waals surface area (Å²) in [5.41, 5.74) is 0.658. The summed E-state index contributed by atoms with van der Waals surface area (Å²) < 4.78 is 0. The normalized spacial score (nSPS) is 10.1. The van der Waals surface area contributed by atoms with E-state index in [1.165, 1.54) is 13.0 Å². The number of benzene rings is 1. The third kappa shape index (κ3) is 3.13. The van der Waals surface area contributed by atoms with Crippen LogP contribution < -0.4 is 10.9 Å². The molecular weight excluding hydrogens is 280 g/mol. The summed E-state index contributed by atoms with van der Waals surface area (Å²) in [7, 11) is 0. The molecule has 0 spiro atoms. The minimum atomic E-state index is -0.721. The topological polar surface area (TPSA) is 79.0 Å². The van der Waals surface area contributed by atoms with Crippen molar-refractivity contribution >= 4 is 23.4 Å². The zero-order valence-electron chi connectivity index (χ0n) is 10.6. The lowest BCUT2D eigenvalue weighted by Crippen LogP contribution is -2.32. The van der Waals surface area contributed by atoms with Crippen LogP contribution in [0.5, 0.6) is 0 Å². The highest BCUT2D eigenvalue weighted by Crippen LogP contribution is 2.18. The highest BCUT2D eigenvalue weighted by Gasteiger charge is 2.12. The van der Waals surface area contributed by atoms with E-state index in [9.17, 15) is 14.4 Å². The number of hydrogen-bond acceptors (Lipinski definition) is 3. The van der Waals surface area contributed by atoms with Gasteiger partial charge in [0.05, 0.1) is 0 Å². The molecule has 102 valence electrons. The van der Waals surface area contributed by atoms with Crippen LogP contribution >= 0.6 is 11.6 Å². The van der Waals surface area contributed by atoms with Gasteiger partial charge in [0, 0.05) is 17.6 Å². The largest absolute Gasteiger partial charge is 0.321 e. The Bertz CT molecular complexity index is 720. The molecule has 0 atom stereocenters. The Balaban J connectivity index is 2.35.